The molecule has 6 atom stereocenters. The number of carboxylic acid groups (broad SMARTS) is 1. The summed E-state index contributed by atoms with van der Waals surface area (Å²) in [6.45, 7) is 5.44. The number of aliphatic hydroxyl groups excluding tert-OH is 1. The number of fused-ring (bicyclic) bond motifs is 1. The Balaban J connectivity index is 1.44. The summed E-state index contributed by atoms with van der Waals surface area (Å²) < 4.78 is 28.3. The number of rotatable bonds is 6. The Labute approximate surface area is 180 Å². The van der Waals surface area contributed by atoms with Gasteiger partial charge in [-0.05, 0) is 19.8 Å². The Bertz CT molecular complexity index is 876. The number of hydrogen-bond donors (Lipinski definition) is 4. The highest BCUT2D eigenvalue weighted by molar-refractivity contribution is 8.03. The summed E-state index contributed by atoms with van der Waals surface area (Å²) in [6.07, 6.45) is 0.656. The van der Waals surface area contributed by atoms with Crippen LogP contribution in [0.25, 0.3) is 0 Å². The van der Waals surface area contributed by atoms with Crippen LogP contribution in [-0.4, -0.2) is 89.3 Å². The van der Waals surface area contributed by atoms with Crippen LogP contribution in [0.15, 0.2) is 10.6 Å². The van der Waals surface area contributed by atoms with Crippen molar-refractivity contribution in [1.29, 1.82) is 0 Å². The number of carboxylic acids is 1. The van der Waals surface area contributed by atoms with Crippen molar-refractivity contribution < 1.29 is 28.2 Å². The van der Waals surface area contributed by atoms with E-state index in [1.54, 1.807) is 6.92 Å². The Morgan fingerprint density at radius 3 is 2.77 bits per heavy atom. The van der Waals surface area contributed by atoms with Gasteiger partial charge in [0.15, 0.2) is 0 Å². The van der Waals surface area contributed by atoms with Gasteiger partial charge in [-0.2, -0.15) is 12.7 Å². The van der Waals surface area contributed by atoms with Crippen molar-refractivity contribution in [3.8, 4) is 0 Å². The van der Waals surface area contributed by atoms with Crippen molar-refractivity contribution in [2.45, 2.75) is 50.1 Å². The van der Waals surface area contributed by atoms with Gasteiger partial charge in [-0.25, -0.2) is 9.52 Å². The van der Waals surface area contributed by atoms with Gasteiger partial charge in [0.1, 0.15) is 5.70 Å². The highest BCUT2D eigenvalue weighted by Gasteiger charge is 2.60. The minimum Gasteiger partial charge on any atom is -0.477 e. The van der Waals surface area contributed by atoms with Gasteiger partial charge in [0.05, 0.1) is 18.1 Å². The van der Waals surface area contributed by atoms with Crippen molar-refractivity contribution in [2.24, 2.45) is 11.8 Å². The van der Waals surface area contributed by atoms with Gasteiger partial charge in [-0.15, -0.1) is 11.8 Å². The monoisotopic (exact) mass is 460 g/mol. The number of thioether (sulfide) groups is 1. The van der Waals surface area contributed by atoms with E-state index < -0.39 is 28.2 Å². The molecule has 0 spiro atoms. The lowest BCUT2D eigenvalue weighted by atomic mass is 9.79. The molecule has 0 bridgehead atoms. The van der Waals surface area contributed by atoms with Crippen molar-refractivity contribution in [3.63, 3.8) is 0 Å². The maximum absolute atomic E-state index is 12.4. The maximum atomic E-state index is 12.4. The number of nitrogens with one attached hydrogen (secondary N) is 2. The fourth-order valence-electron chi connectivity index (χ4n) is 4.97. The molecule has 4 aliphatic rings. The molecule has 0 aromatic carbocycles. The molecule has 4 heterocycles. The van der Waals surface area contributed by atoms with Gasteiger partial charge in [-0.1, -0.05) is 6.92 Å². The molecular formula is C18H28N4O6S2. The average Bonchev–Trinajstić information content (AvgIpc) is 3.18. The van der Waals surface area contributed by atoms with Crippen LogP contribution >= 0.6 is 11.8 Å². The zero-order valence-electron chi connectivity index (χ0n) is 16.9. The van der Waals surface area contributed by atoms with E-state index in [0.29, 0.717) is 37.5 Å². The lowest BCUT2D eigenvalue weighted by Crippen LogP contribution is -2.63. The predicted octanol–water partition coefficient (Wildman–Crippen LogP) is -0.856. The smallest absolute Gasteiger partial charge is 0.353 e. The molecule has 4 rings (SSSR count). The number of aliphatic carboxylic acids is 1. The van der Waals surface area contributed by atoms with Gasteiger partial charge in [0.25, 0.3) is 10.2 Å². The molecule has 30 heavy (non-hydrogen) atoms. The SMILES string of the molecule is C[C@@H](O)[C@H]1C(=O)N2C(C(=O)O)=C(S[C@@H]3CN[C@H](CN4CCCNS4(=O)=O)C3)[C@H](C)[C@H]12. The number of β-lactam (4-membered cyclic amide) rings is 1. The van der Waals surface area contributed by atoms with Crippen LogP contribution in [0.2, 0.25) is 0 Å². The number of carbonyl (C=O) groups excluding carboxylic acids is 1. The van der Waals surface area contributed by atoms with E-state index in [-0.39, 0.29) is 34.9 Å². The minimum atomic E-state index is -3.42. The average molecular weight is 461 g/mol. The Morgan fingerprint density at radius 2 is 2.13 bits per heavy atom. The first-order valence-corrected chi connectivity index (χ1v) is 12.6. The number of amides is 1. The van der Waals surface area contributed by atoms with Crippen molar-refractivity contribution >= 4 is 33.8 Å². The van der Waals surface area contributed by atoms with Gasteiger partial charge < -0.3 is 20.4 Å². The predicted molar refractivity (Wildman–Crippen MR) is 111 cm³/mol. The van der Waals surface area contributed by atoms with Crippen LogP contribution in [-0.2, 0) is 19.8 Å². The normalized spacial score (nSPS) is 37.2. The summed E-state index contributed by atoms with van der Waals surface area (Å²) in [4.78, 5) is 26.4. The second-order valence-corrected chi connectivity index (χ2v) is 11.6. The molecule has 12 heteroatoms. The quantitative estimate of drug-likeness (QED) is 0.376. The van der Waals surface area contributed by atoms with E-state index in [0.717, 1.165) is 6.42 Å². The molecule has 3 saturated heterocycles. The lowest BCUT2D eigenvalue weighted by Gasteiger charge is -2.46. The third-order valence-electron chi connectivity index (χ3n) is 6.42. The molecule has 0 aromatic rings. The molecule has 0 unspecified atom stereocenters. The van der Waals surface area contributed by atoms with Crippen LogP contribution in [0.5, 0.6) is 0 Å². The van der Waals surface area contributed by atoms with E-state index in [4.69, 9.17) is 0 Å². The van der Waals surface area contributed by atoms with Gasteiger partial charge in [-0.3, -0.25) is 4.79 Å². The number of hydrogen-bond acceptors (Lipinski definition) is 7. The van der Waals surface area contributed by atoms with E-state index in [2.05, 4.69) is 10.0 Å². The first-order valence-electron chi connectivity index (χ1n) is 10.2. The Hall–Kier alpha value is -1.18. The molecular weight excluding hydrogens is 432 g/mol. The van der Waals surface area contributed by atoms with Crippen LogP contribution in [0, 0.1) is 11.8 Å². The number of carbonyl (C=O) groups is 2. The van der Waals surface area contributed by atoms with Gasteiger partial charge in [0, 0.05) is 48.3 Å². The largest absolute Gasteiger partial charge is 0.477 e. The zero-order chi connectivity index (χ0) is 21.8. The summed E-state index contributed by atoms with van der Waals surface area (Å²) in [5, 5.41) is 23.1. The Morgan fingerprint density at radius 1 is 1.40 bits per heavy atom. The number of nitrogens with zero attached hydrogens (tertiary/aromatic N) is 2. The highest BCUT2D eigenvalue weighted by atomic mass is 32.2. The molecule has 4 aliphatic heterocycles. The van der Waals surface area contributed by atoms with E-state index >= 15 is 0 Å². The van der Waals surface area contributed by atoms with Gasteiger partial charge >= 0.3 is 5.97 Å². The standard InChI is InChI=1S/C18H28N4O6S2/c1-9-14-13(10(2)23)17(24)22(14)15(18(25)26)16(9)29-12-6-11(19-7-12)8-21-5-3-4-20-30(21,27)28/h9-14,19-20,23H,3-8H2,1-2H3,(H,25,26)/t9-,10-,11+,12+,13-,14-/m1/s1. The summed E-state index contributed by atoms with van der Waals surface area (Å²) >= 11 is 1.47. The van der Waals surface area contributed by atoms with E-state index in [1.165, 1.54) is 21.0 Å². The summed E-state index contributed by atoms with van der Waals surface area (Å²) in [5.41, 5.74) is 0.0330. The summed E-state index contributed by atoms with van der Waals surface area (Å²) in [7, 11) is -3.42. The summed E-state index contributed by atoms with van der Waals surface area (Å²) in [5.74, 6) is -2.19. The van der Waals surface area contributed by atoms with Gasteiger partial charge in [0.2, 0.25) is 5.91 Å². The zero-order valence-corrected chi connectivity index (χ0v) is 18.6. The molecule has 3 fully saturated rings. The molecule has 0 radical (unpaired) electrons. The van der Waals surface area contributed by atoms with Crippen LogP contribution in [0.1, 0.15) is 26.7 Å². The topological polar surface area (TPSA) is 139 Å². The summed E-state index contributed by atoms with van der Waals surface area (Å²) in [6, 6.07) is -0.326. The van der Waals surface area contributed by atoms with E-state index in [1.807, 2.05) is 6.92 Å². The molecule has 0 saturated carbocycles. The molecule has 0 aromatic heterocycles. The highest BCUT2D eigenvalue weighted by Crippen LogP contribution is 2.51. The fourth-order valence-corrected chi connectivity index (χ4v) is 7.82. The van der Waals surface area contributed by atoms with Crippen LogP contribution < -0.4 is 10.0 Å². The minimum absolute atomic E-state index is 0.00775. The molecule has 4 N–H and O–H groups in total. The maximum Gasteiger partial charge on any atom is 0.353 e. The first kappa shape index (κ1) is 22.0. The molecule has 168 valence electrons. The van der Waals surface area contributed by atoms with Crippen molar-refractivity contribution in [2.75, 3.05) is 26.2 Å². The van der Waals surface area contributed by atoms with Crippen molar-refractivity contribution in [3.05, 3.63) is 10.6 Å². The number of aliphatic hydroxyl groups is 1. The molecule has 10 nitrogen and oxygen atoms in total. The lowest BCUT2D eigenvalue weighted by molar-refractivity contribution is -0.163. The van der Waals surface area contributed by atoms with Crippen LogP contribution in [0.3, 0.4) is 0 Å². The van der Waals surface area contributed by atoms with Crippen molar-refractivity contribution in [1.82, 2.24) is 19.2 Å². The fraction of sp³-hybridized carbons (Fsp3) is 0.778. The first-order chi connectivity index (χ1) is 14.1. The third-order valence-corrected chi connectivity index (χ3v) is 9.51. The second kappa shape index (κ2) is 8.06. The molecule has 0 aliphatic carbocycles. The van der Waals surface area contributed by atoms with Crippen LogP contribution in [0.4, 0.5) is 0 Å². The van der Waals surface area contributed by atoms with E-state index in [9.17, 15) is 28.2 Å². The third kappa shape index (κ3) is 3.67. The molecule has 1 amide bonds. The Kier molecular flexibility index (Phi) is 5.92. The second-order valence-electron chi connectivity index (χ2n) is 8.46.